The zero-order valence-electron chi connectivity index (χ0n) is 14.5. The number of nitrogens with one attached hydrogen (secondary N) is 1. The monoisotopic (exact) mass is 346 g/mol. The van der Waals surface area contributed by atoms with E-state index in [0.717, 1.165) is 42.4 Å². The van der Waals surface area contributed by atoms with Gasteiger partial charge in [-0.2, -0.15) is 0 Å². The number of halogens is 2. The molecule has 134 valence electrons. The van der Waals surface area contributed by atoms with E-state index in [0.29, 0.717) is 18.6 Å². The molecule has 1 N–H and O–H groups in total. The average Bonchev–Trinajstić information content (AvgIpc) is 2.96. The van der Waals surface area contributed by atoms with E-state index in [1.54, 1.807) is 6.33 Å². The second kappa shape index (κ2) is 6.48. The molecule has 25 heavy (non-hydrogen) atoms. The Morgan fingerprint density at radius 1 is 1.16 bits per heavy atom. The highest BCUT2D eigenvalue weighted by atomic mass is 19.3. The van der Waals surface area contributed by atoms with Crippen LogP contribution < -0.4 is 5.32 Å². The average molecular weight is 346 g/mol. The van der Waals surface area contributed by atoms with E-state index >= 15 is 0 Å². The molecule has 1 aromatic carbocycles. The molecule has 0 spiro atoms. The summed E-state index contributed by atoms with van der Waals surface area (Å²) in [7, 11) is 0. The van der Waals surface area contributed by atoms with Crippen LogP contribution in [0, 0.1) is 6.92 Å². The maximum absolute atomic E-state index is 13.4. The summed E-state index contributed by atoms with van der Waals surface area (Å²) >= 11 is 0. The fourth-order valence-electron chi connectivity index (χ4n) is 4.14. The van der Waals surface area contributed by atoms with Gasteiger partial charge in [0.2, 0.25) is 0 Å². The predicted molar refractivity (Wildman–Crippen MR) is 95.1 cm³/mol. The van der Waals surface area contributed by atoms with Crippen molar-refractivity contribution < 1.29 is 8.78 Å². The van der Waals surface area contributed by atoms with Gasteiger partial charge in [0.1, 0.15) is 12.1 Å². The number of aryl methyl sites for hydroxylation is 1. The van der Waals surface area contributed by atoms with Crippen LogP contribution in [0.15, 0.2) is 24.5 Å². The van der Waals surface area contributed by atoms with Crippen LogP contribution in [-0.4, -0.2) is 46.0 Å². The number of hydrogen-bond acceptors (Lipinski definition) is 4. The first-order chi connectivity index (χ1) is 12.0. The van der Waals surface area contributed by atoms with Crippen LogP contribution in [0.4, 0.5) is 14.6 Å². The number of aromatic nitrogens is 2. The van der Waals surface area contributed by atoms with Crippen molar-refractivity contribution in [2.45, 2.75) is 57.0 Å². The summed E-state index contributed by atoms with van der Waals surface area (Å²) in [6, 6.07) is 6.82. The minimum absolute atomic E-state index is 0.0114. The van der Waals surface area contributed by atoms with Crippen molar-refractivity contribution in [1.82, 2.24) is 14.9 Å². The van der Waals surface area contributed by atoms with Gasteiger partial charge in [0.15, 0.2) is 0 Å². The van der Waals surface area contributed by atoms with Gasteiger partial charge in [-0.1, -0.05) is 11.6 Å². The molecule has 0 atom stereocenters. The van der Waals surface area contributed by atoms with Gasteiger partial charge in [-0.05, 0) is 44.7 Å². The van der Waals surface area contributed by atoms with Gasteiger partial charge in [0.05, 0.1) is 12.1 Å². The molecule has 1 saturated carbocycles. The Hall–Kier alpha value is -1.82. The highest BCUT2D eigenvalue weighted by Crippen LogP contribution is 2.33. The number of fused-ring (bicyclic) bond motifs is 1. The van der Waals surface area contributed by atoms with E-state index in [4.69, 9.17) is 0 Å². The lowest BCUT2D eigenvalue weighted by Gasteiger charge is -2.35. The Balaban J connectivity index is 1.40. The minimum atomic E-state index is -2.49. The van der Waals surface area contributed by atoms with Crippen LogP contribution in [0.25, 0.3) is 10.9 Å². The third kappa shape index (κ3) is 3.59. The summed E-state index contributed by atoms with van der Waals surface area (Å²) in [5.41, 5.74) is 2.13. The Morgan fingerprint density at radius 2 is 1.96 bits per heavy atom. The Kier molecular flexibility index (Phi) is 4.31. The van der Waals surface area contributed by atoms with Crippen LogP contribution in [0.5, 0.6) is 0 Å². The van der Waals surface area contributed by atoms with Gasteiger partial charge in [0, 0.05) is 30.4 Å². The van der Waals surface area contributed by atoms with Crippen molar-refractivity contribution in [3.05, 3.63) is 30.1 Å². The normalized spacial score (nSPS) is 26.8. The zero-order chi connectivity index (χ0) is 17.4. The second-order valence-electron chi connectivity index (χ2n) is 7.47. The summed E-state index contributed by atoms with van der Waals surface area (Å²) in [5, 5.41) is 4.61. The van der Waals surface area contributed by atoms with Crippen molar-refractivity contribution >= 4 is 16.7 Å². The minimum Gasteiger partial charge on any atom is -0.367 e. The number of rotatable bonds is 3. The van der Waals surface area contributed by atoms with Gasteiger partial charge in [-0.15, -0.1) is 0 Å². The molecular formula is C19H24F2N4. The molecule has 0 amide bonds. The number of benzene rings is 1. The van der Waals surface area contributed by atoms with Crippen molar-refractivity contribution in [3.8, 4) is 0 Å². The molecule has 0 unspecified atom stereocenters. The molecule has 1 aliphatic heterocycles. The number of anilines is 1. The fraction of sp³-hybridized carbons (Fsp3) is 0.579. The Morgan fingerprint density at radius 3 is 2.68 bits per heavy atom. The molecular weight excluding hydrogens is 322 g/mol. The molecule has 1 aliphatic carbocycles. The standard InChI is InChI=1S/C19H24F2N4/c1-13-2-7-17-16(10-13)18(23-12-22-17)24-14-3-5-15(6-4-14)25-9-8-19(20,21)11-25/h2,7,10,12,14-15H,3-6,8-9,11H2,1H3,(H,22,23,24). The molecule has 1 aromatic heterocycles. The zero-order valence-corrected chi connectivity index (χ0v) is 14.5. The third-order valence-corrected chi connectivity index (χ3v) is 5.54. The highest BCUT2D eigenvalue weighted by molar-refractivity contribution is 5.89. The van der Waals surface area contributed by atoms with Crippen molar-refractivity contribution in [2.24, 2.45) is 0 Å². The highest BCUT2D eigenvalue weighted by Gasteiger charge is 2.41. The molecule has 2 aliphatic rings. The lowest BCUT2D eigenvalue weighted by atomic mass is 9.90. The van der Waals surface area contributed by atoms with E-state index in [9.17, 15) is 8.78 Å². The molecule has 0 bridgehead atoms. The maximum atomic E-state index is 13.4. The van der Waals surface area contributed by atoms with Crippen molar-refractivity contribution in [3.63, 3.8) is 0 Å². The van der Waals surface area contributed by atoms with Gasteiger partial charge in [-0.25, -0.2) is 18.7 Å². The number of likely N-dealkylation sites (tertiary alicyclic amines) is 1. The van der Waals surface area contributed by atoms with E-state index < -0.39 is 5.92 Å². The van der Waals surface area contributed by atoms with Gasteiger partial charge < -0.3 is 5.32 Å². The van der Waals surface area contributed by atoms with Crippen LogP contribution in [0.1, 0.15) is 37.7 Å². The summed E-state index contributed by atoms with van der Waals surface area (Å²) in [6.07, 6.45) is 5.52. The van der Waals surface area contributed by atoms with Crippen LogP contribution in [-0.2, 0) is 0 Å². The SMILES string of the molecule is Cc1ccc2ncnc(NC3CCC(N4CCC(F)(F)C4)CC3)c2c1. The molecule has 0 radical (unpaired) electrons. The smallest absolute Gasteiger partial charge is 0.261 e. The first-order valence-electron chi connectivity index (χ1n) is 9.10. The topological polar surface area (TPSA) is 41.1 Å². The molecule has 1 saturated heterocycles. The molecule has 4 nitrogen and oxygen atoms in total. The quantitative estimate of drug-likeness (QED) is 0.912. The molecule has 2 fully saturated rings. The molecule has 4 rings (SSSR count). The summed E-state index contributed by atoms with van der Waals surface area (Å²) in [5.74, 6) is -1.61. The van der Waals surface area contributed by atoms with Gasteiger partial charge in [-0.3, -0.25) is 4.90 Å². The number of hydrogen-bond donors (Lipinski definition) is 1. The molecule has 2 aromatic rings. The third-order valence-electron chi connectivity index (χ3n) is 5.54. The Bertz CT molecular complexity index is 756. The van der Waals surface area contributed by atoms with Crippen LogP contribution in [0.3, 0.4) is 0 Å². The molecule has 6 heteroatoms. The summed E-state index contributed by atoms with van der Waals surface area (Å²) in [6.45, 7) is 2.53. The first-order valence-corrected chi connectivity index (χ1v) is 9.10. The Labute approximate surface area is 146 Å². The van der Waals surface area contributed by atoms with Crippen LogP contribution in [0.2, 0.25) is 0 Å². The number of alkyl halides is 2. The van der Waals surface area contributed by atoms with E-state index in [-0.39, 0.29) is 13.0 Å². The maximum Gasteiger partial charge on any atom is 0.261 e. The second-order valence-corrected chi connectivity index (χ2v) is 7.47. The lowest BCUT2D eigenvalue weighted by Crippen LogP contribution is -2.40. The van der Waals surface area contributed by atoms with Gasteiger partial charge in [0.25, 0.3) is 5.92 Å². The lowest BCUT2D eigenvalue weighted by molar-refractivity contribution is 0.00535. The van der Waals surface area contributed by atoms with E-state index in [1.807, 2.05) is 11.0 Å². The molecule has 2 heterocycles. The van der Waals surface area contributed by atoms with Gasteiger partial charge >= 0.3 is 0 Å². The largest absolute Gasteiger partial charge is 0.367 e. The summed E-state index contributed by atoms with van der Waals surface area (Å²) in [4.78, 5) is 10.7. The predicted octanol–water partition coefficient (Wildman–Crippen LogP) is 4.00. The van der Waals surface area contributed by atoms with E-state index in [1.165, 1.54) is 5.56 Å². The fourth-order valence-corrected chi connectivity index (χ4v) is 4.14. The van der Waals surface area contributed by atoms with Crippen molar-refractivity contribution in [1.29, 1.82) is 0 Å². The van der Waals surface area contributed by atoms with E-state index in [2.05, 4.69) is 34.3 Å². The summed E-state index contributed by atoms with van der Waals surface area (Å²) < 4.78 is 26.9. The number of nitrogens with zero attached hydrogens (tertiary/aromatic N) is 3. The van der Waals surface area contributed by atoms with Crippen LogP contribution >= 0.6 is 0 Å². The van der Waals surface area contributed by atoms with Crippen molar-refractivity contribution in [2.75, 3.05) is 18.4 Å². The first kappa shape index (κ1) is 16.6.